The Hall–Kier alpha value is -3.29. The number of allylic oxidation sites excluding steroid dienone is 2. The van der Waals surface area contributed by atoms with Crippen molar-refractivity contribution in [1.29, 1.82) is 5.26 Å². The van der Waals surface area contributed by atoms with E-state index in [4.69, 9.17) is 29.0 Å². The van der Waals surface area contributed by atoms with Crippen LogP contribution in [0.4, 0.5) is 10.2 Å². The van der Waals surface area contributed by atoms with Gasteiger partial charge in [0, 0.05) is 6.61 Å². The Balaban J connectivity index is 1.04. The van der Waals surface area contributed by atoms with Crippen LogP contribution in [0.25, 0.3) is 5.52 Å². The molecule has 5 N–H and O–H groups in total. The van der Waals surface area contributed by atoms with Crippen molar-refractivity contribution < 1.29 is 47.3 Å². The van der Waals surface area contributed by atoms with Gasteiger partial charge < -0.3 is 35.1 Å². The van der Waals surface area contributed by atoms with Crippen molar-refractivity contribution in [3.8, 4) is 6.07 Å². The Bertz CT molecular complexity index is 1860. The first-order valence-corrected chi connectivity index (χ1v) is 21.8. The van der Waals surface area contributed by atoms with Crippen LogP contribution in [0.5, 0.6) is 0 Å². The van der Waals surface area contributed by atoms with Crippen molar-refractivity contribution in [2.75, 3.05) is 25.6 Å². The minimum absolute atomic E-state index is 0.00100. The highest BCUT2D eigenvalue weighted by molar-refractivity contribution is 7.47. The first-order valence-electron chi connectivity index (χ1n) is 20.3. The number of aliphatic hydroxyl groups excluding tert-OH is 1. The van der Waals surface area contributed by atoms with E-state index in [9.17, 15) is 29.3 Å². The minimum Gasteiger partial charge on any atom is -0.386 e. The van der Waals surface area contributed by atoms with Gasteiger partial charge in [-0.1, -0.05) is 76.9 Å². The minimum atomic E-state index is -4.84. The number of nitrogens with two attached hydrogens (primary N) is 1. The topological polar surface area (TPSA) is 204 Å². The summed E-state index contributed by atoms with van der Waals surface area (Å²) < 4.78 is 57.1. The number of aromatic nitrogens is 3. The summed E-state index contributed by atoms with van der Waals surface area (Å²) in [6.45, 7) is 3.67. The zero-order chi connectivity index (χ0) is 40.9. The molecule has 3 aromatic rings. The number of ether oxygens (including phenoxy) is 3. The zero-order valence-corrected chi connectivity index (χ0v) is 34.0. The van der Waals surface area contributed by atoms with E-state index in [2.05, 4.69) is 29.2 Å². The van der Waals surface area contributed by atoms with Crippen molar-refractivity contribution in [2.24, 2.45) is 0 Å². The summed E-state index contributed by atoms with van der Waals surface area (Å²) in [7, 11) is -4.84. The number of unbranched alkanes of at least 4 members (excludes halogenated alkanes) is 12. The number of phosphoric ester groups is 1. The van der Waals surface area contributed by atoms with Gasteiger partial charge in [0.2, 0.25) is 0 Å². The largest absolute Gasteiger partial charge is 0.472 e. The van der Waals surface area contributed by atoms with Gasteiger partial charge >= 0.3 is 7.82 Å². The third-order valence-corrected chi connectivity index (χ3v) is 11.7. The van der Waals surface area contributed by atoms with Gasteiger partial charge in [0.1, 0.15) is 47.7 Å². The summed E-state index contributed by atoms with van der Waals surface area (Å²) in [5.74, 6) is -0.384. The van der Waals surface area contributed by atoms with Crippen molar-refractivity contribution in [3.63, 3.8) is 0 Å². The molecular weight excluding hydrogens is 756 g/mol. The first-order chi connectivity index (χ1) is 27.4. The normalized spacial score (nSPS) is 24.5. The SMILES string of the molecule is CCCCCCCC/C=C/CCCCCCCCOC[C@H](COP(=O)(O)OC1[C@H]2O[C@@](C)(c3ccc4c(N)ncnn34)[C@H](O)[C@@]12O)OCc1cc(F)cc(C#N)c1. The summed E-state index contributed by atoms with van der Waals surface area (Å²) >= 11 is 0. The molecule has 1 saturated heterocycles. The lowest BCUT2D eigenvalue weighted by atomic mass is 9.91. The van der Waals surface area contributed by atoms with Gasteiger partial charge in [0.15, 0.2) is 11.4 Å². The van der Waals surface area contributed by atoms with E-state index in [0.29, 0.717) is 23.4 Å². The molecule has 57 heavy (non-hydrogen) atoms. The van der Waals surface area contributed by atoms with Crippen molar-refractivity contribution >= 4 is 19.2 Å². The number of benzene rings is 1. The second-order valence-electron chi connectivity index (χ2n) is 15.3. The molecule has 14 nitrogen and oxygen atoms in total. The first kappa shape index (κ1) is 44.8. The van der Waals surface area contributed by atoms with Gasteiger partial charge in [-0.2, -0.15) is 10.4 Å². The number of nitrogens with zero attached hydrogens (tertiary/aromatic N) is 4. The standard InChI is InChI=1S/C41H59FN5O9P/c1-3-4-5-6-7-8-9-10-11-12-13-14-15-16-17-18-21-52-27-33(53-26-31-22-30(25-43)23-32(42)24-31)28-54-57(50,51)56-37-36-41(37,49)39(48)40(2,55-36)35-20-19-34-38(44)45-29-46-47(34)35/h10-11,19-20,22-24,29,33,36-37,39,48-49H,3-9,12-18,21,26-28H2,1-2H3,(H,50,51)(H2,44,45,46)/b11-10+/t33-,36-,37?,39+,40+,41+/m1/s1. The molecule has 314 valence electrons. The fourth-order valence-corrected chi connectivity index (χ4v) is 8.39. The van der Waals surface area contributed by atoms with E-state index in [-0.39, 0.29) is 24.6 Å². The maximum Gasteiger partial charge on any atom is 0.472 e. The molecule has 1 aromatic carbocycles. The Kier molecular flexibility index (Phi) is 16.6. The lowest BCUT2D eigenvalue weighted by Crippen LogP contribution is -2.46. The molecule has 2 fully saturated rings. The number of nitriles is 1. The number of fused-ring (bicyclic) bond motifs is 2. The van der Waals surface area contributed by atoms with Gasteiger partial charge in [0.25, 0.3) is 0 Å². The van der Waals surface area contributed by atoms with Gasteiger partial charge in [0.05, 0.1) is 37.1 Å². The van der Waals surface area contributed by atoms with Gasteiger partial charge in [-0.05, 0) is 74.9 Å². The number of aliphatic hydroxyl groups is 2. The summed E-state index contributed by atoms with van der Waals surface area (Å²) in [6.07, 6.45) is 17.6. The summed E-state index contributed by atoms with van der Waals surface area (Å²) in [6, 6.07) is 9.02. The third kappa shape index (κ3) is 11.9. The molecule has 1 aliphatic carbocycles. The molecule has 0 bridgehead atoms. The number of nitrogen functional groups attached to an aromatic ring is 1. The maximum absolute atomic E-state index is 14.1. The van der Waals surface area contributed by atoms with Crippen LogP contribution in [-0.2, 0) is 40.0 Å². The predicted molar refractivity (Wildman–Crippen MR) is 211 cm³/mol. The molecule has 5 rings (SSSR count). The molecule has 0 radical (unpaired) electrons. The average Bonchev–Trinajstić information content (AvgIpc) is 3.43. The number of hydrogen-bond acceptors (Lipinski definition) is 12. The quantitative estimate of drug-likeness (QED) is 0.0342. The molecule has 0 spiro atoms. The van der Waals surface area contributed by atoms with Crippen LogP contribution in [-0.4, -0.2) is 79.5 Å². The second-order valence-corrected chi connectivity index (χ2v) is 16.7. The van der Waals surface area contributed by atoms with Gasteiger partial charge in [-0.15, -0.1) is 0 Å². The maximum atomic E-state index is 14.1. The zero-order valence-electron chi connectivity index (χ0n) is 33.1. The monoisotopic (exact) mass is 815 g/mol. The summed E-state index contributed by atoms with van der Waals surface area (Å²) in [5, 5.41) is 36.0. The Morgan fingerprint density at radius 2 is 1.74 bits per heavy atom. The molecule has 2 aromatic heterocycles. The predicted octanol–water partition coefficient (Wildman–Crippen LogP) is 7.18. The van der Waals surface area contributed by atoms with E-state index in [1.165, 1.54) is 80.8 Å². The Labute approximate surface area is 334 Å². The average molecular weight is 816 g/mol. The number of hydrogen-bond donors (Lipinski definition) is 4. The van der Waals surface area contributed by atoms with Crippen LogP contribution in [0.3, 0.4) is 0 Å². The van der Waals surface area contributed by atoms with Crippen LogP contribution in [0.1, 0.15) is 121 Å². The third-order valence-electron chi connectivity index (χ3n) is 10.7. The van der Waals surface area contributed by atoms with Crippen LogP contribution >= 0.6 is 7.82 Å². The number of phosphoric acid groups is 1. The fourth-order valence-electron chi connectivity index (χ4n) is 7.41. The molecule has 1 saturated carbocycles. The number of halogens is 1. The molecule has 0 amide bonds. The van der Waals surface area contributed by atoms with E-state index in [0.717, 1.165) is 38.2 Å². The fraction of sp³-hybridized carbons (Fsp3) is 0.634. The highest BCUT2D eigenvalue weighted by Gasteiger charge is 2.82. The molecule has 2 unspecified atom stereocenters. The van der Waals surface area contributed by atoms with Gasteiger partial charge in [-0.25, -0.2) is 18.5 Å². The van der Waals surface area contributed by atoms with Crippen molar-refractivity contribution in [3.05, 3.63) is 71.4 Å². The molecule has 7 atom stereocenters. The smallest absolute Gasteiger partial charge is 0.386 e. The molecule has 3 heterocycles. The van der Waals surface area contributed by atoms with Crippen molar-refractivity contribution in [1.82, 2.24) is 14.6 Å². The molecular formula is C41H59FN5O9P. The lowest BCUT2D eigenvalue weighted by Gasteiger charge is -2.32. The Morgan fingerprint density at radius 3 is 2.40 bits per heavy atom. The highest BCUT2D eigenvalue weighted by Crippen LogP contribution is 2.63. The van der Waals surface area contributed by atoms with Crippen molar-refractivity contribution in [2.45, 2.75) is 146 Å². The molecule has 1 aliphatic heterocycles. The summed E-state index contributed by atoms with van der Waals surface area (Å²) in [4.78, 5) is 14.6. The molecule has 16 heteroatoms. The van der Waals surface area contributed by atoms with E-state index < -0.39 is 55.9 Å². The number of rotatable bonds is 27. The second kappa shape index (κ2) is 21.1. The summed E-state index contributed by atoms with van der Waals surface area (Å²) in [5.41, 5.74) is 3.85. The highest BCUT2D eigenvalue weighted by atomic mass is 31.2. The Morgan fingerprint density at radius 1 is 1.05 bits per heavy atom. The van der Waals surface area contributed by atoms with Gasteiger partial charge in [-0.3, -0.25) is 9.05 Å². The van der Waals surface area contributed by atoms with E-state index in [1.807, 2.05) is 6.07 Å². The molecule has 2 aliphatic rings. The van der Waals surface area contributed by atoms with Crippen LogP contribution in [0.15, 0.2) is 48.8 Å². The van der Waals surface area contributed by atoms with E-state index >= 15 is 0 Å². The van der Waals surface area contributed by atoms with E-state index in [1.54, 1.807) is 19.1 Å². The van der Waals surface area contributed by atoms with Crippen LogP contribution in [0.2, 0.25) is 0 Å². The van der Waals surface area contributed by atoms with Crippen LogP contribution < -0.4 is 5.73 Å². The van der Waals surface area contributed by atoms with Crippen LogP contribution in [0, 0.1) is 17.1 Å². The number of anilines is 1. The lowest BCUT2D eigenvalue weighted by molar-refractivity contribution is -0.127.